The van der Waals surface area contributed by atoms with Crippen molar-refractivity contribution in [1.82, 2.24) is 14.7 Å². The minimum atomic E-state index is -0.822. The fourth-order valence-corrected chi connectivity index (χ4v) is 2.81. The zero-order valence-corrected chi connectivity index (χ0v) is 16.6. The van der Waals surface area contributed by atoms with Crippen LogP contribution >= 0.6 is 0 Å². The Morgan fingerprint density at radius 3 is 2.57 bits per heavy atom. The number of hydrogen-bond donors (Lipinski definition) is 1. The molecule has 156 valence electrons. The van der Waals surface area contributed by atoms with E-state index in [0.717, 1.165) is 16.7 Å². The number of likely N-dealkylation sites (N-methyl/N-ethyl adjacent to an activating group) is 1. The summed E-state index contributed by atoms with van der Waals surface area (Å²) in [5.74, 6) is -2.12. The normalized spacial score (nSPS) is 10.6. The molecular formula is C21H21FN4O4. The molecule has 1 heterocycles. The smallest absolute Gasteiger partial charge is 0.388 e. The van der Waals surface area contributed by atoms with Gasteiger partial charge in [0.2, 0.25) is 17.7 Å². The summed E-state index contributed by atoms with van der Waals surface area (Å²) in [6.07, 6.45) is 0.761. The van der Waals surface area contributed by atoms with Crippen LogP contribution in [-0.4, -0.2) is 40.1 Å². The molecule has 2 aromatic carbocycles. The second kappa shape index (κ2) is 9.17. The maximum Gasteiger partial charge on any atom is 0.437 e. The number of nitrogens with one attached hydrogen (secondary N) is 1. The van der Waals surface area contributed by atoms with E-state index in [2.05, 4.69) is 10.4 Å². The van der Waals surface area contributed by atoms with Crippen molar-refractivity contribution in [3.05, 3.63) is 70.5 Å². The molecule has 3 aromatic rings. The van der Waals surface area contributed by atoms with Crippen LogP contribution in [0.2, 0.25) is 0 Å². The quantitative estimate of drug-likeness (QED) is 0.642. The molecule has 0 bridgehead atoms. The minimum Gasteiger partial charge on any atom is -0.388 e. The van der Waals surface area contributed by atoms with E-state index in [-0.39, 0.29) is 18.3 Å². The number of nitrogens with zero attached hydrogens (tertiary/aromatic N) is 3. The highest BCUT2D eigenvalue weighted by Gasteiger charge is 2.18. The summed E-state index contributed by atoms with van der Waals surface area (Å²) >= 11 is 0. The van der Waals surface area contributed by atoms with Crippen LogP contribution in [0.4, 0.5) is 10.1 Å². The first-order valence-electron chi connectivity index (χ1n) is 9.33. The van der Waals surface area contributed by atoms with Crippen LogP contribution in [-0.2, 0) is 22.6 Å². The lowest BCUT2D eigenvalue weighted by atomic mass is 10.1. The van der Waals surface area contributed by atoms with Crippen molar-refractivity contribution in [2.75, 3.05) is 18.9 Å². The minimum absolute atomic E-state index is 0.0237. The van der Waals surface area contributed by atoms with Crippen molar-refractivity contribution >= 4 is 17.5 Å². The summed E-state index contributed by atoms with van der Waals surface area (Å²) < 4.78 is 18.9. The van der Waals surface area contributed by atoms with Gasteiger partial charge in [0.1, 0.15) is 12.4 Å². The highest BCUT2D eigenvalue weighted by molar-refractivity contribution is 5.95. The fraction of sp³-hybridized carbons (Fsp3) is 0.238. The first-order chi connectivity index (χ1) is 14.4. The maximum atomic E-state index is 13.0. The SMILES string of the molecule is CCc1ccccc1NC(=O)CN(C)C(=O)Cn1nc(-c2ccc(F)cc2)oc1=O. The largest absolute Gasteiger partial charge is 0.437 e. The van der Waals surface area contributed by atoms with E-state index in [4.69, 9.17) is 4.42 Å². The van der Waals surface area contributed by atoms with E-state index in [1.54, 1.807) is 6.07 Å². The van der Waals surface area contributed by atoms with Crippen molar-refractivity contribution in [2.45, 2.75) is 19.9 Å². The molecule has 2 amide bonds. The van der Waals surface area contributed by atoms with Crippen molar-refractivity contribution in [3.8, 4) is 11.5 Å². The Morgan fingerprint density at radius 2 is 1.87 bits per heavy atom. The molecular weight excluding hydrogens is 391 g/mol. The van der Waals surface area contributed by atoms with Gasteiger partial charge >= 0.3 is 5.76 Å². The summed E-state index contributed by atoms with van der Waals surface area (Å²) in [4.78, 5) is 37.9. The lowest BCUT2D eigenvalue weighted by Crippen LogP contribution is -2.38. The molecule has 8 nitrogen and oxygen atoms in total. The Morgan fingerprint density at radius 1 is 1.17 bits per heavy atom. The third-order valence-electron chi connectivity index (χ3n) is 4.46. The number of benzene rings is 2. The number of amides is 2. The third kappa shape index (κ3) is 4.99. The zero-order valence-electron chi connectivity index (χ0n) is 16.6. The first kappa shape index (κ1) is 21.0. The molecule has 9 heteroatoms. The molecule has 3 rings (SSSR count). The number of halogens is 1. The van der Waals surface area contributed by atoms with Crippen LogP contribution < -0.4 is 11.1 Å². The molecule has 0 spiro atoms. The van der Waals surface area contributed by atoms with E-state index in [1.807, 2.05) is 25.1 Å². The van der Waals surface area contributed by atoms with Gasteiger partial charge in [0.05, 0.1) is 6.54 Å². The Kier molecular flexibility index (Phi) is 6.41. The number of rotatable bonds is 7. The monoisotopic (exact) mass is 412 g/mol. The van der Waals surface area contributed by atoms with Crippen LogP contribution in [0.15, 0.2) is 57.7 Å². The number of aromatic nitrogens is 2. The number of carbonyl (C=O) groups excluding carboxylic acids is 2. The molecule has 1 aromatic heterocycles. The number of carbonyl (C=O) groups is 2. The predicted molar refractivity (Wildman–Crippen MR) is 108 cm³/mol. The molecule has 0 fully saturated rings. The summed E-state index contributed by atoms with van der Waals surface area (Å²) in [5, 5.41) is 6.76. The van der Waals surface area contributed by atoms with Crippen molar-refractivity contribution in [3.63, 3.8) is 0 Å². The van der Waals surface area contributed by atoms with Gasteiger partial charge < -0.3 is 14.6 Å². The van der Waals surface area contributed by atoms with Crippen LogP contribution in [0.1, 0.15) is 12.5 Å². The van der Waals surface area contributed by atoms with E-state index in [9.17, 15) is 18.8 Å². The molecule has 1 N–H and O–H groups in total. The van der Waals surface area contributed by atoms with Gasteiger partial charge in [-0.25, -0.2) is 9.18 Å². The molecule has 0 saturated heterocycles. The molecule has 30 heavy (non-hydrogen) atoms. The molecule has 0 unspecified atom stereocenters. The Balaban J connectivity index is 1.62. The molecule has 0 aliphatic heterocycles. The van der Waals surface area contributed by atoms with Crippen LogP contribution in [0.5, 0.6) is 0 Å². The van der Waals surface area contributed by atoms with Gasteiger partial charge in [-0.15, -0.1) is 5.10 Å². The van der Waals surface area contributed by atoms with Crippen molar-refractivity contribution < 1.29 is 18.4 Å². The highest BCUT2D eigenvalue weighted by Crippen LogP contribution is 2.16. The van der Waals surface area contributed by atoms with Crippen LogP contribution in [0.25, 0.3) is 11.5 Å². The second-order valence-corrected chi connectivity index (χ2v) is 6.65. The van der Waals surface area contributed by atoms with Gasteiger partial charge in [0, 0.05) is 18.3 Å². The molecule has 0 radical (unpaired) electrons. The zero-order chi connectivity index (χ0) is 21.7. The molecule has 0 aliphatic carbocycles. The standard InChI is InChI=1S/C21H21FN4O4/c1-3-14-6-4-5-7-17(14)23-18(27)12-25(2)19(28)13-26-21(29)30-20(24-26)15-8-10-16(22)11-9-15/h4-11H,3,12-13H2,1-2H3,(H,23,27). The van der Waals surface area contributed by atoms with E-state index in [1.165, 1.54) is 36.2 Å². The van der Waals surface area contributed by atoms with Gasteiger partial charge in [-0.3, -0.25) is 9.59 Å². The van der Waals surface area contributed by atoms with Crippen LogP contribution in [0.3, 0.4) is 0 Å². The summed E-state index contributed by atoms with van der Waals surface area (Å²) in [6, 6.07) is 12.7. The second-order valence-electron chi connectivity index (χ2n) is 6.65. The summed E-state index contributed by atoms with van der Waals surface area (Å²) in [6.45, 7) is 1.41. The number of anilines is 1. The molecule has 0 saturated carbocycles. The lowest BCUT2D eigenvalue weighted by Gasteiger charge is -2.17. The predicted octanol–water partition coefficient (Wildman–Crippen LogP) is 2.30. The topological polar surface area (TPSA) is 97.4 Å². The first-order valence-corrected chi connectivity index (χ1v) is 9.33. The van der Waals surface area contributed by atoms with Gasteiger partial charge in [-0.2, -0.15) is 4.68 Å². The average molecular weight is 412 g/mol. The van der Waals surface area contributed by atoms with Gasteiger partial charge in [-0.1, -0.05) is 25.1 Å². The third-order valence-corrected chi connectivity index (χ3v) is 4.46. The maximum absolute atomic E-state index is 13.0. The van der Waals surface area contributed by atoms with Gasteiger partial charge in [0.15, 0.2) is 0 Å². The van der Waals surface area contributed by atoms with E-state index in [0.29, 0.717) is 11.3 Å². The van der Waals surface area contributed by atoms with E-state index < -0.39 is 24.0 Å². The van der Waals surface area contributed by atoms with Crippen molar-refractivity contribution in [2.24, 2.45) is 0 Å². The lowest BCUT2D eigenvalue weighted by molar-refractivity contribution is -0.134. The Hall–Kier alpha value is -3.75. The molecule has 0 aliphatic rings. The van der Waals surface area contributed by atoms with Crippen molar-refractivity contribution in [1.29, 1.82) is 0 Å². The highest BCUT2D eigenvalue weighted by atomic mass is 19.1. The fourth-order valence-electron chi connectivity index (χ4n) is 2.81. The number of para-hydroxylation sites is 1. The Bertz CT molecular complexity index is 1100. The summed E-state index contributed by atoms with van der Waals surface area (Å²) in [5.41, 5.74) is 2.09. The van der Waals surface area contributed by atoms with E-state index >= 15 is 0 Å². The Labute approximate surface area is 171 Å². The van der Waals surface area contributed by atoms with Crippen LogP contribution in [0, 0.1) is 5.82 Å². The number of aryl methyl sites for hydroxylation is 1. The number of hydrogen-bond acceptors (Lipinski definition) is 5. The average Bonchev–Trinajstić information content (AvgIpc) is 3.09. The van der Waals surface area contributed by atoms with Gasteiger partial charge in [0.25, 0.3) is 0 Å². The molecule has 0 atom stereocenters. The van der Waals surface area contributed by atoms with Gasteiger partial charge in [-0.05, 0) is 42.3 Å². The summed E-state index contributed by atoms with van der Waals surface area (Å²) in [7, 11) is 1.46.